The van der Waals surface area contributed by atoms with Crippen molar-refractivity contribution in [1.82, 2.24) is 15.0 Å². The molecule has 1 N–H and O–H groups in total. The zero-order valence-corrected chi connectivity index (χ0v) is 8.53. The Morgan fingerprint density at radius 2 is 2.31 bits per heavy atom. The molecule has 1 aromatic rings. The van der Waals surface area contributed by atoms with Gasteiger partial charge in [-0.15, -0.1) is 5.10 Å². The van der Waals surface area contributed by atoms with E-state index >= 15 is 0 Å². The molecule has 74 valence electrons. The van der Waals surface area contributed by atoms with E-state index in [2.05, 4.69) is 15.6 Å². The average Bonchev–Trinajstić information content (AvgIpc) is 2.48. The Hall–Kier alpha value is -1.10. The van der Waals surface area contributed by atoms with Crippen LogP contribution in [0.3, 0.4) is 0 Å². The summed E-state index contributed by atoms with van der Waals surface area (Å²) in [5, 5.41) is 10.8. The summed E-state index contributed by atoms with van der Waals surface area (Å²) >= 11 is 0. The van der Waals surface area contributed by atoms with Gasteiger partial charge in [-0.2, -0.15) is 0 Å². The van der Waals surface area contributed by atoms with Crippen molar-refractivity contribution < 1.29 is 4.74 Å². The number of rotatable bonds is 4. The van der Waals surface area contributed by atoms with Crippen molar-refractivity contribution in [3.8, 4) is 0 Å². The molecular weight excluding hydrogens is 168 g/mol. The maximum absolute atomic E-state index is 5.26. The van der Waals surface area contributed by atoms with Crippen LogP contribution >= 0.6 is 0 Å². The highest BCUT2D eigenvalue weighted by molar-refractivity contribution is 5.30. The molecule has 0 radical (unpaired) electrons. The number of nitrogens with one attached hydrogen (secondary N) is 1. The van der Waals surface area contributed by atoms with Gasteiger partial charge in [-0.05, 0) is 13.8 Å². The fourth-order valence-corrected chi connectivity index (χ4v) is 0.825. The van der Waals surface area contributed by atoms with Crippen LogP contribution in [-0.4, -0.2) is 34.2 Å². The van der Waals surface area contributed by atoms with Crippen molar-refractivity contribution in [3.05, 3.63) is 6.20 Å². The number of methoxy groups -OCH3 is 1. The molecule has 1 aromatic heterocycles. The highest BCUT2D eigenvalue weighted by Crippen LogP contribution is 2.09. The summed E-state index contributed by atoms with van der Waals surface area (Å²) in [4.78, 5) is 0. The third-order valence-corrected chi connectivity index (χ3v) is 1.96. The summed E-state index contributed by atoms with van der Waals surface area (Å²) in [6, 6.07) is 0. The molecule has 0 aromatic carbocycles. The first-order valence-electron chi connectivity index (χ1n) is 4.19. The first-order chi connectivity index (χ1) is 6.05. The van der Waals surface area contributed by atoms with E-state index in [0.717, 1.165) is 12.4 Å². The van der Waals surface area contributed by atoms with Gasteiger partial charge < -0.3 is 10.1 Å². The summed E-state index contributed by atoms with van der Waals surface area (Å²) in [6.07, 6.45) is 1.69. The van der Waals surface area contributed by atoms with Crippen LogP contribution in [0, 0.1) is 0 Å². The minimum Gasteiger partial charge on any atom is -0.377 e. The monoisotopic (exact) mass is 184 g/mol. The standard InChI is InChI=1S/C8H16N4O/c1-8(2,13-4)6-9-7-5-10-11-12(7)3/h5,9H,6H2,1-4H3. The van der Waals surface area contributed by atoms with Crippen molar-refractivity contribution in [1.29, 1.82) is 0 Å². The number of hydrogen-bond acceptors (Lipinski definition) is 4. The van der Waals surface area contributed by atoms with Gasteiger partial charge in [-0.3, -0.25) is 0 Å². The van der Waals surface area contributed by atoms with Gasteiger partial charge in [0.05, 0.1) is 11.8 Å². The van der Waals surface area contributed by atoms with E-state index in [1.165, 1.54) is 0 Å². The van der Waals surface area contributed by atoms with E-state index in [4.69, 9.17) is 4.74 Å². The minimum absolute atomic E-state index is 0.176. The zero-order chi connectivity index (χ0) is 9.90. The Morgan fingerprint density at radius 3 is 2.77 bits per heavy atom. The normalized spacial score (nSPS) is 11.7. The highest BCUT2D eigenvalue weighted by atomic mass is 16.5. The molecule has 0 unspecified atom stereocenters. The first kappa shape index (κ1) is 9.98. The lowest BCUT2D eigenvalue weighted by Gasteiger charge is -2.23. The number of ether oxygens (including phenoxy) is 1. The Labute approximate surface area is 78.1 Å². The van der Waals surface area contributed by atoms with Crippen LogP contribution in [0.1, 0.15) is 13.8 Å². The maximum Gasteiger partial charge on any atom is 0.144 e. The molecule has 0 aliphatic carbocycles. The molecule has 0 saturated carbocycles. The summed E-state index contributed by atoms with van der Waals surface area (Å²) in [5.74, 6) is 0.894. The third-order valence-electron chi connectivity index (χ3n) is 1.96. The van der Waals surface area contributed by atoms with Gasteiger partial charge >= 0.3 is 0 Å². The van der Waals surface area contributed by atoms with Crippen LogP contribution in [0.15, 0.2) is 6.20 Å². The second-order valence-electron chi connectivity index (χ2n) is 3.56. The van der Waals surface area contributed by atoms with Gasteiger partial charge in [0.2, 0.25) is 0 Å². The fraction of sp³-hybridized carbons (Fsp3) is 0.750. The van der Waals surface area contributed by atoms with E-state index in [1.807, 2.05) is 20.9 Å². The number of anilines is 1. The number of aryl methyl sites for hydroxylation is 1. The predicted molar refractivity (Wildman–Crippen MR) is 50.6 cm³/mol. The molecule has 0 aliphatic heterocycles. The molecule has 5 nitrogen and oxygen atoms in total. The fourth-order valence-electron chi connectivity index (χ4n) is 0.825. The third kappa shape index (κ3) is 2.69. The van der Waals surface area contributed by atoms with E-state index in [0.29, 0.717) is 0 Å². The van der Waals surface area contributed by atoms with Crippen molar-refractivity contribution in [2.45, 2.75) is 19.4 Å². The summed E-state index contributed by atoms with van der Waals surface area (Å²) in [5.41, 5.74) is -0.176. The van der Waals surface area contributed by atoms with E-state index in [1.54, 1.807) is 18.0 Å². The molecule has 0 amide bonds. The molecule has 0 bridgehead atoms. The molecule has 0 aliphatic rings. The smallest absolute Gasteiger partial charge is 0.144 e. The molecule has 0 spiro atoms. The van der Waals surface area contributed by atoms with E-state index in [-0.39, 0.29) is 5.60 Å². The average molecular weight is 184 g/mol. The van der Waals surface area contributed by atoms with Crippen molar-refractivity contribution in [3.63, 3.8) is 0 Å². The molecule has 0 fully saturated rings. The van der Waals surface area contributed by atoms with Gasteiger partial charge in [-0.25, -0.2) is 4.68 Å². The molecule has 1 heterocycles. The van der Waals surface area contributed by atoms with Crippen molar-refractivity contribution in [2.75, 3.05) is 19.0 Å². The molecular formula is C8H16N4O. The molecule has 13 heavy (non-hydrogen) atoms. The van der Waals surface area contributed by atoms with Gasteiger partial charge in [0.25, 0.3) is 0 Å². The van der Waals surface area contributed by atoms with Crippen LogP contribution < -0.4 is 5.32 Å². The van der Waals surface area contributed by atoms with Crippen LogP contribution in [0.5, 0.6) is 0 Å². The number of hydrogen-bond donors (Lipinski definition) is 1. The lowest BCUT2D eigenvalue weighted by molar-refractivity contribution is 0.0342. The van der Waals surface area contributed by atoms with Crippen molar-refractivity contribution in [2.24, 2.45) is 7.05 Å². The Morgan fingerprint density at radius 1 is 1.62 bits per heavy atom. The highest BCUT2D eigenvalue weighted by Gasteiger charge is 2.16. The lowest BCUT2D eigenvalue weighted by Crippen LogP contribution is -2.32. The molecule has 1 rings (SSSR count). The van der Waals surface area contributed by atoms with Crippen molar-refractivity contribution >= 4 is 5.82 Å². The Bertz CT molecular complexity index is 269. The summed E-state index contributed by atoms with van der Waals surface area (Å²) in [7, 11) is 3.54. The maximum atomic E-state index is 5.26. The predicted octanol–water partition coefficient (Wildman–Crippen LogP) is 0.652. The minimum atomic E-state index is -0.176. The second-order valence-corrected chi connectivity index (χ2v) is 3.56. The lowest BCUT2D eigenvalue weighted by atomic mass is 10.1. The second kappa shape index (κ2) is 3.74. The van der Waals surface area contributed by atoms with E-state index < -0.39 is 0 Å². The quantitative estimate of drug-likeness (QED) is 0.746. The molecule has 5 heteroatoms. The van der Waals surface area contributed by atoms with Crippen LogP contribution in [0.2, 0.25) is 0 Å². The van der Waals surface area contributed by atoms with Gasteiger partial charge in [0.1, 0.15) is 5.82 Å². The number of nitrogens with zero attached hydrogens (tertiary/aromatic N) is 3. The van der Waals surface area contributed by atoms with Crippen LogP contribution in [0.4, 0.5) is 5.82 Å². The Kier molecular flexibility index (Phi) is 2.87. The summed E-state index contributed by atoms with van der Waals surface area (Å²) < 4.78 is 6.95. The molecule has 0 saturated heterocycles. The summed E-state index contributed by atoms with van der Waals surface area (Å²) in [6.45, 7) is 4.76. The first-order valence-corrected chi connectivity index (χ1v) is 4.19. The van der Waals surface area contributed by atoms with Crippen LogP contribution in [0.25, 0.3) is 0 Å². The van der Waals surface area contributed by atoms with Gasteiger partial charge in [0.15, 0.2) is 0 Å². The SMILES string of the molecule is COC(C)(C)CNc1cnnn1C. The van der Waals surface area contributed by atoms with Gasteiger partial charge in [-0.1, -0.05) is 5.21 Å². The Balaban J connectivity index is 2.48. The topological polar surface area (TPSA) is 52.0 Å². The van der Waals surface area contributed by atoms with Crippen LogP contribution in [-0.2, 0) is 11.8 Å². The van der Waals surface area contributed by atoms with E-state index in [9.17, 15) is 0 Å². The molecule has 0 atom stereocenters. The zero-order valence-electron chi connectivity index (χ0n) is 8.53. The largest absolute Gasteiger partial charge is 0.377 e. The van der Waals surface area contributed by atoms with Gasteiger partial charge in [0, 0.05) is 20.7 Å². The number of aromatic nitrogens is 3.